The molecule has 0 amide bonds. The average molecular weight is 772 g/mol. The standard InChI is InChI=1S/C14H7ClFN3S3.C8H4ClN3S2.C6H4ClFS/c1-20-14-19-13-12(22-14)11(7(5-17)6-18-13)21-10-3-2-8(16)4-9(10)15;1-13-8-12-7-6(14-8)5(9)4(2-10)3-11-7;7-5-3-4(8)1-2-6(5)9/h2-4,6H,1H3;3H,1H3;1-3,9H. The lowest BCUT2D eigenvalue weighted by atomic mass is 10.3. The van der Waals surface area contributed by atoms with Crippen molar-refractivity contribution in [3.63, 3.8) is 0 Å². The summed E-state index contributed by atoms with van der Waals surface area (Å²) < 4.78 is 28.8. The molecular weight excluding hydrogens is 757 g/mol. The van der Waals surface area contributed by atoms with Gasteiger partial charge in [-0.15, -0.1) is 35.3 Å². The molecule has 0 radical (unpaired) electrons. The Bertz CT molecular complexity index is 2090. The molecule has 0 N–H and O–H groups in total. The second-order valence-corrected chi connectivity index (χ2v) is 15.0. The van der Waals surface area contributed by atoms with E-state index >= 15 is 0 Å². The fourth-order valence-corrected chi connectivity index (χ4v) is 8.20. The van der Waals surface area contributed by atoms with Crippen LogP contribution in [0.4, 0.5) is 8.78 Å². The monoisotopic (exact) mass is 770 g/mol. The first-order chi connectivity index (χ1) is 21.6. The molecule has 4 heterocycles. The van der Waals surface area contributed by atoms with Gasteiger partial charge in [-0.05, 0) is 48.9 Å². The van der Waals surface area contributed by atoms with Crippen molar-refractivity contribution in [1.82, 2.24) is 19.9 Å². The van der Waals surface area contributed by atoms with E-state index in [1.165, 1.54) is 88.9 Å². The molecule has 0 aliphatic carbocycles. The van der Waals surface area contributed by atoms with Gasteiger partial charge in [0.25, 0.3) is 0 Å². The van der Waals surface area contributed by atoms with E-state index in [4.69, 9.17) is 40.1 Å². The Morgan fingerprint density at radius 1 is 0.778 bits per heavy atom. The van der Waals surface area contributed by atoms with Crippen LogP contribution in [0.2, 0.25) is 15.1 Å². The van der Waals surface area contributed by atoms with Crippen LogP contribution < -0.4 is 0 Å². The van der Waals surface area contributed by atoms with Gasteiger partial charge in [-0.3, -0.25) is 0 Å². The maximum Gasteiger partial charge on any atom is 0.173 e. The summed E-state index contributed by atoms with van der Waals surface area (Å²) in [6.45, 7) is 0. The number of aromatic nitrogens is 4. The van der Waals surface area contributed by atoms with Crippen molar-refractivity contribution in [3.05, 3.63) is 86.6 Å². The molecule has 0 unspecified atom stereocenters. The number of rotatable bonds is 4. The minimum absolute atomic E-state index is 0.313. The molecule has 6 aromatic rings. The second kappa shape index (κ2) is 16.5. The Morgan fingerprint density at radius 3 is 1.84 bits per heavy atom. The number of nitriles is 2. The zero-order valence-electron chi connectivity index (χ0n) is 22.7. The molecule has 228 valence electrons. The Morgan fingerprint density at radius 2 is 1.31 bits per heavy atom. The van der Waals surface area contributed by atoms with E-state index < -0.39 is 5.82 Å². The van der Waals surface area contributed by atoms with Gasteiger partial charge >= 0.3 is 0 Å². The minimum Gasteiger partial charge on any atom is -0.234 e. The number of pyridine rings is 2. The molecule has 0 saturated carbocycles. The molecule has 0 fully saturated rings. The summed E-state index contributed by atoms with van der Waals surface area (Å²) in [5.41, 5.74) is 2.07. The number of thioether (sulfide) groups is 2. The summed E-state index contributed by atoms with van der Waals surface area (Å²) in [7, 11) is 0. The van der Waals surface area contributed by atoms with E-state index in [0.717, 1.165) is 23.0 Å². The first-order valence-corrected chi connectivity index (χ1v) is 18.5. The second-order valence-electron chi connectivity index (χ2n) is 8.16. The molecule has 2 aromatic carbocycles. The number of benzene rings is 2. The number of thiazole rings is 2. The summed E-state index contributed by atoms with van der Waals surface area (Å²) in [6, 6.07) is 12.4. The van der Waals surface area contributed by atoms with Crippen LogP contribution in [0.25, 0.3) is 20.7 Å². The summed E-state index contributed by atoms with van der Waals surface area (Å²) in [5.74, 6) is -0.727. The lowest BCUT2D eigenvalue weighted by molar-refractivity contribution is 0.626. The van der Waals surface area contributed by atoms with Crippen molar-refractivity contribution < 1.29 is 8.78 Å². The molecule has 45 heavy (non-hydrogen) atoms. The van der Waals surface area contributed by atoms with Gasteiger partial charge < -0.3 is 0 Å². The third kappa shape index (κ3) is 8.92. The van der Waals surface area contributed by atoms with Crippen LogP contribution in [0.3, 0.4) is 0 Å². The van der Waals surface area contributed by atoms with Crippen molar-refractivity contribution in [1.29, 1.82) is 10.5 Å². The topological polar surface area (TPSA) is 99.1 Å². The SMILES string of the molecule is CSc1nc2ncc(C#N)c(Cl)c2s1.CSc1nc2ncc(C#N)c(Sc3ccc(F)cc3Cl)c2s1.Fc1ccc(S)c(Cl)c1. The van der Waals surface area contributed by atoms with E-state index in [9.17, 15) is 14.0 Å². The van der Waals surface area contributed by atoms with Crippen molar-refractivity contribution in [2.75, 3.05) is 12.5 Å². The van der Waals surface area contributed by atoms with E-state index in [0.29, 0.717) is 47.3 Å². The van der Waals surface area contributed by atoms with Crippen LogP contribution in [0.5, 0.6) is 0 Å². The molecule has 0 aliphatic heterocycles. The Hall–Kier alpha value is -2.37. The molecule has 0 atom stereocenters. The van der Waals surface area contributed by atoms with Gasteiger partial charge in [-0.25, -0.2) is 28.7 Å². The zero-order chi connectivity index (χ0) is 32.7. The molecule has 0 saturated heterocycles. The van der Waals surface area contributed by atoms with Crippen LogP contribution in [0.15, 0.2) is 72.2 Å². The van der Waals surface area contributed by atoms with Gasteiger partial charge in [-0.1, -0.05) is 70.1 Å². The first kappa shape index (κ1) is 35.5. The summed E-state index contributed by atoms with van der Waals surface area (Å²) >= 11 is 28.9. The van der Waals surface area contributed by atoms with Crippen molar-refractivity contribution >= 4 is 126 Å². The molecule has 0 spiro atoms. The molecule has 4 aromatic heterocycles. The van der Waals surface area contributed by atoms with Gasteiger partial charge in [0.15, 0.2) is 20.0 Å². The number of fused-ring (bicyclic) bond motifs is 2. The summed E-state index contributed by atoms with van der Waals surface area (Å²) in [6.07, 6.45) is 6.84. The first-order valence-electron chi connectivity index (χ1n) is 12.0. The fourth-order valence-electron chi connectivity index (χ4n) is 3.25. The van der Waals surface area contributed by atoms with Gasteiger partial charge in [-0.2, -0.15) is 10.5 Å². The Balaban J connectivity index is 0.000000171. The highest BCUT2D eigenvalue weighted by atomic mass is 35.5. The van der Waals surface area contributed by atoms with E-state index in [1.807, 2.05) is 18.6 Å². The number of hydrogen-bond donors (Lipinski definition) is 1. The lowest BCUT2D eigenvalue weighted by Gasteiger charge is -2.06. The van der Waals surface area contributed by atoms with Crippen LogP contribution in [-0.2, 0) is 0 Å². The quantitative estimate of drug-likeness (QED) is 0.139. The van der Waals surface area contributed by atoms with Crippen LogP contribution in [-0.4, -0.2) is 32.4 Å². The predicted molar refractivity (Wildman–Crippen MR) is 187 cm³/mol. The Kier molecular flexibility index (Phi) is 13.0. The molecule has 6 rings (SSSR count). The van der Waals surface area contributed by atoms with Gasteiger partial charge in [0, 0.05) is 22.2 Å². The smallest absolute Gasteiger partial charge is 0.173 e. The van der Waals surface area contributed by atoms with Crippen LogP contribution >= 0.6 is 105 Å². The molecule has 17 heteroatoms. The third-order valence-corrected chi connectivity index (χ3v) is 12.5. The highest BCUT2D eigenvalue weighted by Crippen LogP contribution is 2.42. The lowest BCUT2D eigenvalue weighted by Crippen LogP contribution is -1.87. The predicted octanol–water partition coefficient (Wildman–Crippen LogP) is 10.9. The number of hydrogen-bond acceptors (Lipinski definition) is 12. The van der Waals surface area contributed by atoms with E-state index in [1.54, 1.807) is 17.8 Å². The molecule has 6 nitrogen and oxygen atoms in total. The average Bonchev–Trinajstić information content (AvgIpc) is 3.66. The highest BCUT2D eigenvalue weighted by molar-refractivity contribution is 8.01. The molecular formula is C28H15Cl3F2N6S6. The molecule has 0 bridgehead atoms. The molecule has 0 aliphatic rings. The maximum atomic E-state index is 13.2. The largest absolute Gasteiger partial charge is 0.234 e. The fraction of sp³-hybridized carbons (Fsp3) is 0.0714. The van der Waals surface area contributed by atoms with E-state index in [-0.39, 0.29) is 5.82 Å². The van der Waals surface area contributed by atoms with Crippen LogP contribution in [0, 0.1) is 34.3 Å². The van der Waals surface area contributed by atoms with Crippen LogP contribution in [0.1, 0.15) is 11.1 Å². The number of thiol groups is 1. The van der Waals surface area contributed by atoms with Gasteiger partial charge in [0.2, 0.25) is 0 Å². The van der Waals surface area contributed by atoms with E-state index in [2.05, 4.69) is 38.6 Å². The maximum absolute atomic E-state index is 13.2. The van der Waals surface area contributed by atoms with Gasteiger partial charge in [0.1, 0.15) is 23.8 Å². The van der Waals surface area contributed by atoms with Crippen molar-refractivity contribution in [3.8, 4) is 12.1 Å². The van der Waals surface area contributed by atoms with Crippen molar-refractivity contribution in [2.24, 2.45) is 0 Å². The third-order valence-electron chi connectivity index (χ3n) is 5.30. The summed E-state index contributed by atoms with van der Waals surface area (Å²) in [5, 5.41) is 19.2. The normalized spacial score (nSPS) is 10.4. The number of halogens is 5. The minimum atomic E-state index is -0.391. The van der Waals surface area contributed by atoms with Gasteiger partial charge in [0.05, 0.1) is 40.5 Å². The van der Waals surface area contributed by atoms with Crippen molar-refractivity contribution in [2.45, 2.75) is 23.4 Å². The zero-order valence-corrected chi connectivity index (χ0v) is 29.9. The number of nitrogens with zero attached hydrogens (tertiary/aromatic N) is 6. The summed E-state index contributed by atoms with van der Waals surface area (Å²) in [4.78, 5) is 19.0. The Labute approximate surface area is 297 Å². The highest BCUT2D eigenvalue weighted by Gasteiger charge is 2.16.